The van der Waals surface area contributed by atoms with Gasteiger partial charge in [0.2, 0.25) is 0 Å². The number of ether oxygens (including phenoxy) is 1. The summed E-state index contributed by atoms with van der Waals surface area (Å²) in [5.41, 5.74) is 3.60. The zero-order valence-electron chi connectivity index (χ0n) is 14.1. The fourth-order valence-electron chi connectivity index (χ4n) is 3.10. The molecule has 6 heteroatoms. The number of hydrogen-bond donors (Lipinski definition) is 4. The summed E-state index contributed by atoms with van der Waals surface area (Å²) in [6.07, 6.45) is -3.74. The molecule has 1 fully saturated rings. The summed E-state index contributed by atoms with van der Waals surface area (Å²) in [5.74, 6) is 0. The van der Waals surface area contributed by atoms with Crippen molar-refractivity contribution in [3.8, 4) is 0 Å². The molecule has 1 aliphatic heterocycles. The average molecular weight is 364 g/mol. The lowest BCUT2D eigenvalue weighted by molar-refractivity contribution is -0.230. The maximum atomic E-state index is 10.2. The normalized spacial score (nSPS) is 29.7. The van der Waals surface area contributed by atoms with Crippen LogP contribution in [0.5, 0.6) is 0 Å². The third-order valence-electron chi connectivity index (χ3n) is 4.69. The maximum absolute atomic E-state index is 10.2. The molecule has 0 saturated carbocycles. The van der Waals surface area contributed by atoms with Gasteiger partial charge in [-0.05, 0) is 41.0 Å². The summed E-state index contributed by atoms with van der Waals surface area (Å²) in [6.45, 7) is 1.71. The van der Waals surface area contributed by atoms with E-state index in [4.69, 9.17) is 4.74 Å². The predicted octanol–water partition coefficient (Wildman–Crippen LogP) is 1.42. The molecule has 1 aromatic carbocycles. The fraction of sp³-hybridized carbons (Fsp3) is 0.474. The first-order valence-corrected chi connectivity index (χ1v) is 9.37. The molecule has 1 aliphatic rings. The molecule has 25 heavy (non-hydrogen) atoms. The van der Waals surface area contributed by atoms with Gasteiger partial charge in [-0.15, -0.1) is 11.3 Å². The van der Waals surface area contributed by atoms with Crippen molar-refractivity contribution in [1.82, 2.24) is 0 Å². The Morgan fingerprint density at radius 1 is 0.960 bits per heavy atom. The number of thiophene rings is 1. The molecule has 0 amide bonds. The van der Waals surface area contributed by atoms with Crippen molar-refractivity contribution in [2.24, 2.45) is 0 Å². The molecule has 0 unspecified atom stereocenters. The van der Waals surface area contributed by atoms with Crippen LogP contribution in [0, 0.1) is 0 Å². The van der Waals surface area contributed by atoms with E-state index >= 15 is 0 Å². The van der Waals surface area contributed by atoms with Crippen LogP contribution in [0.4, 0.5) is 0 Å². The largest absolute Gasteiger partial charge is 0.394 e. The molecule has 2 heterocycles. The van der Waals surface area contributed by atoms with Gasteiger partial charge in [-0.25, -0.2) is 0 Å². The van der Waals surface area contributed by atoms with Gasteiger partial charge in [0.05, 0.1) is 6.61 Å². The summed E-state index contributed by atoms with van der Waals surface area (Å²) >= 11 is 1.44. The summed E-state index contributed by atoms with van der Waals surface area (Å²) in [5, 5.41) is 41.3. The lowest BCUT2D eigenvalue weighted by Crippen LogP contribution is -2.55. The molecule has 5 atom stereocenters. The zero-order valence-corrected chi connectivity index (χ0v) is 14.9. The quantitative estimate of drug-likeness (QED) is 0.644. The van der Waals surface area contributed by atoms with Gasteiger partial charge in [-0.1, -0.05) is 31.2 Å². The SMILES string of the molecule is CCc1ccc(Cc2csc([C@@H]3O[C@H](CO)[C@@H](O)[C@H](O)[C@H]3O)c2)cc1. The van der Waals surface area contributed by atoms with Crippen molar-refractivity contribution in [2.45, 2.75) is 50.3 Å². The van der Waals surface area contributed by atoms with Crippen LogP contribution in [0.1, 0.15) is 34.6 Å². The van der Waals surface area contributed by atoms with E-state index in [2.05, 4.69) is 31.2 Å². The van der Waals surface area contributed by atoms with Gasteiger partial charge in [0.25, 0.3) is 0 Å². The molecule has 1 saturated heterocycles. The van der Waals surface area contributed by atoms with Gasteiger partial charge in [0.15, 0.2) is 0 Å². The summed E-state index contributed by atoms with van der Waals surface area (Å²) in [6, 6.07) is 10.4. The summed E-state index contributed by atoms with van der Waals surface area (Å²) in [7, 11) is 0. The molecule has 0 aliphatic carbocycles. The monoisotopic (exact) mass is 364 g/mol. The Hall–Kier alpha value is -1.28. The van der Waals surface area contributed by atoms with Crippen LogP contribution in [-0.2, 0) is 17.6 Å². The maximum Gasteiger partial charge on any atom is 0.121 e. The van der Waals surface area contributed by atoms with Crippen molar-refractivity contribution < 1.29 is 25.2 Å². The van der Waals surface area contributed by atoms with Crippen LogP contribution in [-0.4, -0.2) is 51.4 Å². The van der Waals surface area contributed by atoms with Crippen molar-refractivity contribution in [3.63, 3.8) is 0 Å². The fourth-order valence-corrected chi connectivity index (χ4v) is 4.09. The van der Waals surface area contributed by atoms with Crippen LogP contribution >= 0.6 is 11.3 Å². The highest BCUT2D eigenvalue weighted by Gasteiger charge is 2.44. The molecule has 2 aromatic rings. The molecule has 5 nitrogen and oxygen atoms in total. The average Bonchev–Trinajstić information content (AvgIpc) is 3.09. The minimum atomic E-state index is -1.34. The Kier molecular flexibility index (Phi) is 5.89. The summed E-state index contributed by atoms with van der Waals surface area (Å²) in [4.78, 5) is 0.775. The highest BCUT2D eigenvalue weighted by molar-refractivity contribution is 7.10. The number of aryl methyl sites for hydroxylation is 1. The number of aliphatic hydroxyl groups excluding tert-OH is 4. The predicted molar refractivity (Wildman–Crippen MR) is 95.7 cm³/mol. The second-order valence-electron chi connectivity index (χ2n) is 6.45. The first-order valence-electron chi connectivity index (χ1n) is 8.49. The molecule has 0 radical (unpaired) electrons. The smallest absolute Gasteiger partial charge is 0.121 e. The van der Waals surface area contributed by atoms with Gasteiger partial charge in [-0.2, -0.15) is 0 Å². The van der Waals surface area contributed by atoms with Gasteiger partial charge < -0.3 is 25.2 Å². The molecule has 1 aromatic heterocycles. The van der Waals surface area contributed by atoms with Gasteiger partial charge in [0.1, 0.15) is 30.5 Å². The number of benzene rings is 1. The molecule has 0 spiro atoms. The molecule has 0 bridgehead atoms. The minimum Gasteiger partial charge on any atom is -0.394 e. The van der Waals surface area contributed by atoms with Gasteiger partial charge in [-0.3, -0.25) is 0 Å². The Balaban J connectivity index is 1.73. The number of aliphatic hydroxyl groups is 4. The Morgan fingerprint density at radius 2 is 1.64 bits per heavy atom. The van der Waals surface area contributed by atoms with E-state index in [1.165, 1.54) is 22.5 Å². The Labute approximate surface area is 151 Å². The van der Waals surface area contributed by atoms with E-state index in [0.29, 0.717) is 0 Å². The lowest BCUT2D eigenvalue weighted by atomic mass is 9.94. The van der Waals surface area contributed by atoms with Crippen LogP contribution in [0.25, 0.3) is 0 Å². The molecule has 3 rings (SSSR count). The second kappa shape index (κ2) is 7.95. The van der Waals surface area contributed by atoms with E-state index in [0.717, 1.165) is 23.3 Å². The van der Waals surface area contributed by atoms with Gasteiger partial charge in [0, 0.05) is 4.88 Å². The van der Waals surface area contributed by atoms with Crippen LogP contribution in [0.3, 0.4) is 0 Å². The highest BCUT2D eigenvalue weighted by Crippen LogP contribution is 2.35. The lowest BCUT2D eigenvalue weighted by Gasteiger charge is -2.39. The van der Waals surface area contributed by atoms with Crippen molar-refractivity contribution in [1.29, 1.82) is 0 Å². The first kappa shape index (κ1) is 18.5. The third-order valence-corrected chi connectivity index (χ3v) is 5.73. The molecular weight excluding hydrogens is 340 g/mol. The van der Waals surface area contributed by atoms with Crippen molar-refractivity contribution in [2.75, 3.05) is 6.61 Å². The number of rotatable bonds is 5. The van der Waals surface area contributed by atoms with Gasteiger partial charge >= 0.3 is 0 Å². The van der Waals surface area contributed by atoms with Crippen LogP contribution in [0.15, 0.2) is 35.7 Å². The highest BCUT2D eigenvalue weighted by atomic mass is 32.1. The zero-order chi connectivity index (χ0) is 18.0. The second-order valence-corrected chi connectivity index (χ2v) is 7.40. The number of hydrogen-bond acceptors (Lipinski definition) is 6. The molecule has 136 valence electrons. The van der Waals surface area contributed by atoms with E-state index in [1.807, 2.05) is 11.4 Å². The van der Waals surface area contributed by atoms with E-state index < -0.39 is 37.1 Å². The minimum absolute atomic E-state index is 0.413. The Bertz CT molecular complexity index is 681. The molecule has 4 N–H and O–H groups in total. The van der Waals surface area contributed by atoms with Crippen molar-refractivity contribution in [3.05, 3.63) is 57.3 Å². The molecular formula is C19H24O5S. The first-order chi connectivity index (χ1) is 12.0. The summed E-state index contributed by atoms with van der Waals surface area (Å²) < 4.78 is 5.61. The topological polar surface area (TPSA) is 90.2 Å². The standard InChI is InChI=1S/C19H24O5S/c1-2-11-3-5-12(6-4-11)7-13-8-15(25-10-13)19-18(23)17(22)16(21)14(9-20)24-19/h3-6,8,10,14,16-23H,2,7,9H2,1H3/t14-,16-,17+,18-,19+/m1/s1. The van der Waals surface area contributed by atoms with E-state index in [-0.39, 0.29) is 0 Å². The van der Waals surface area contributed by atoms with Crippen LogP contribution in [0.2, 0.25) is 0 Å². The van der Waals surface area contributed by atoms with E-state index in [1.54, 1.807) is 0 Å². The van der Waals surface area contributed by atoms with E-state index in [9.17, 15) is 20.4 Å². The van der Waals surface area contributed by atoms with Crippen molar-refractivity contribution >= 4 is 11.3 Å². The van der Waals surface area contributed by atoms with Crippen LogP contribution < -0.4 is 0 Å². The third kappa shape index (κ3) is 3.95. The Morgan fingerprint density at radius 3 is 2.28 bits per heavy atom.